The molecule has 0 atom stereocenters. The first-order chi connectivity index (χ1) is 11.4. The molecule has 0 bridgehead atoms. The molecule has 0 saturated carbocycles. The first-order valence-corrected chi connectivity index (χ1v) is 8.77. The Kier molecular flexibility index (Phi) is 9.63. The Morgan fingerprint density at radius 1 is 1.17 bits per heavy atom. The summed E-state index contributed by atoms with van der Waals surface area (Å²) >= 11 is 1.75. The zero-order valence-corrected chi connectivity index (χ0v) is 14.9. The maximum atomic E-state index is 12.2. The van der Waals surface area contributed by atoms with Gasteiger partial charge in [-0.25, -0.2) is 0 Å². The van der Waals surface area contributed by atoms with Crippen molar-refractivity contribution in [3.8, 4) is 0 Å². The molecule has 8 heteroatoms. The van der Waals surface area contributed by atoms with Crippen molar-refractivity contribution < 1.29 is 13.2 Å². The van der Waals surface area contributed by atoms with Gasteiger partial charge < -0.3 is 10.6 Å². The van der Waals surface area contributed by atoms with Crippen LogP contribution in [0.1, 0.15) is 6.42 Å². The fraction of sp³-hybridized carbons (Fsp3) is 0.562. The van der Waals surface area contributed by atoms with Crippen molar-refractivity contribution >= 4 is 17.7 Å². The summed E-state index contributed by atoms with van der Waals surface area (Å²) in [4.78, 5) is 6.59. The van der Waals surface area contributed by atoms with Gasteiger partial charge in [-0.1, -0.05) is 18.2 Å². The van der Waals surface area contributed by atoms with Crippen LogP contribution in [-0.4, -0.2) is 63.1 Å². The highest BCUT2D eigenvalue weighted by Gasteiger charge is 2.28. The third-order valence-corrected chi connectivity index (χ3v) is 4.10. The van der Waals surface area contributed by atoms with Crippen molar-refractivity contribution in [3.05, 3.63) is 30.3 Å². The second-order valence-electron chi connectivity index (χ2n) is 5.29. The normalized spacial score (nSPS) is 12.5. The van der Waals surface area contributed by atoms with E-state index in [-0.39, 0.29) is 0 Å². The predicted molar refractivity (Wildman–Crippen MR) is 94.7 cm³/mol. The average Bonchev–Trinajstić information content (AvgIpc) is 2.52. The quantitative estimate of drug-likeness (QED) is 0.307. The molecule has 0 saturated heterocycles. The molecule has 4 nitrogen and oxygen atoms in total. The van der Waals surface area contributed by atoms with Gasteiger partial charge in [0.25, 0.3) is 0 Å². The lowest BCUT2D eigenvalue weighted by atomic mass is 10.4. The number of alkyl halides is 3. The van der Waals surface area contributed by atoms with E-state index in [0.29, 0.717) is 25.5 Å². The number of guanidine groups is 1. The Hall–Kier alpha value is -1.41. The third-order valence-electron chi connectivity index (χ3n) is 3.09. The van der Waals surface area contributed by atoms with Crippen LogP contribution in [-0.2, 0) is 0 Å². The fourth-order valence-electron chi connectivity index (χ4n) is 2.02. The summed E-state index contributed by atoms with van der Waals surface area (Å²) in [5.41, 5.74) is 0. The van der Waals surface area contributed by atoms with Gasteiger partial charge in [0.1, 0.15) is 0 Å². The number of halogens is 3. The Morgan fingerprint density at radius 2 is 1.83 bits per heavy atom. The van der Waals surface area contributed by atoms with E-state index in [9.17, 15) is 13.2 Å². The number of benzene rings is 1. The lowest BCUT2D eigenvalue weighted by Gasteiger charge is -2.18. The van der Waals surface area contributed by atoms with E-state index in [1.54, 1.807) is 18.8 Å². The van der Waals surface area contributed by atoms with Gasteiger partial charge in [0.15, 0.2) is 5.96 Å². The van der Waals surface area contributed by atoms with Crippen LogP contribution in [0.2, 0.25) is 0 Å². The Bertz CT molecular complexity index is 480. The number of hydrogen-bond acceptors (Lipinski definition) is 3. The SMILES string of the molecule is CN=C(NCCCN(C)CC(F)(F)F)NCCSc1ccccc1. The van der Waals surface area contributed by atoms with Crippen molar-refractivity contribution in [2.45, 2.75) is 17.5 Å². The molecule has 0 unspecified atom stereocenters. The molecule has 0 fully saturated rings. The molecule has 0 amide bonds. The van der Waals surface area contributed by atoms with Gasteiger partial charge in [0.2, 0.25) is 0 Å². The van der Waals surface area contributed by atoms with Gasteiger partial charge in [-0.2, -0.15) is 13.2 Å². The molecule has 0 heterocycles. The van der Waals surface area contributed by atoms with Crippen LogP contribution in [0.25, 0.3) is 0 Å². The first-order valence-electron chi connectivity index (χ1n) is 7.78. The van der Waals surface area contributed by atoms with E-state index >= 15 is 0 Å². The van der Waals surface area contributed by atoms with E-state index in [1.807, 2.05) is 18.2 Å². The second-order valence-corrected chi connectivity index (χ2v) is 6.46. The lowest BCUT2D eigenvalue weighted by molar-refractivity contribution is -0.143. The number of aliphatic imine (C=N–C) groups is 1. The topological polar surface area (TPSA) is 39.7 Å². The van der Waals surface area contributed by atoms with Crippen LogP contribution >= 0.6 is 11.8 Å². The van der Waals surface area contributed by atoms with Crippen LogP contribution in [0.4, 0.5) is 13.2 Å². The zero-order chi connectivity index (χ0) is 17.8. The minimum Gasteiger partial charge on any atom is -0.356 e. The summed E-state index contributed by atoms with van der Waals surface area (Å²) in [6.45, 7) is 0.838. The third kappa shape index (κ3) is 10.4. The average molecular weight is 362 g/mol. The van der Waals surface area contributed by atoms with E-state index < -0.39 is 12.7 Å². The van der Waals surface area contributed by atoms with Gasteiger partial charge in [-0.05, 0) is 32.1 Å². The number of nitrogens with zero attached hydrogens (tertiary/aromatic N) is 2. The lowest BCUT2D eigenvalue weighted by Crippen LogP contribution is -2.40. The number of nitrogens with one attached hydrogen (secondary N) is 2. The Balaban J connectivity index is 2.10. The van der Waals surface area contributed by atoms with Crippen molar-refractivity contribution in [1.82, 2.24) is 15.5 Å². The van der Waals surface area contributed by atoms with E-state index in [1.165, 1.54) is 16.8 Å². The highest BCUT2D eigenvalue weighted by molar-refractivity contribution is 7.99. The molecule has 1 aromatic carbocycles. The summed E-state index contributed by atoms with van der Waals surface area (Å²) in [5.74, 6) is 1.57. The second kappa shape index (κ2) is 11.2. The summed E-state index contributed by atoms with van der Waals surface area (Å²) in [7, 11) is 3.15. The molecule has 0 aromatic heterocycles. The molecule has 0 aliphatic carbocycles. The van der Waals surface area contributed by atoms with Crippen molar-refractivity contribution in [1.29, 1.82) is 0 Å². The molecular formula is C16H25F3N4S. The van der Waals surface area contributed by atoms with E-state index in [4.69, 9.17) is 0 Å². The number of hydrogen-bond donors (Lipinski definition) is 2. The van der Waals surface area contributed by atoms with Crippen LogP contribution in [0.3, 0.4) is 0 Å². The van der Waals surface area contributed by atoms with Gasteiger partial charge in [-0.3, -0.25) is 9.89 Å². The van der Waals surface area contributed by atoms with Crippen LogP contribution in [0, 0.1) is 0 Å². The molecule has 0 radical (unpaired) electrons. The molecule has 0 aliphatic heterocycles. The number of thioether (sulfide) groups is 1. The molecule has 24 heavy (non-hydrogen) atoms. The molecule has 0 aliphatic rings. The summed E-state index contributed by atoms with van der Waals surface area (Å²) in [6.07, 6.45) is -3.53. The van der Waals surface area contributed by atoms with Crippen LogP contribution < -0.4 is 10.6 Å². The highest BCUT2D eigenvalue weighted by Crippen LogP contribution is 2.16. The number of rotatable bonds is 9. The van der Waals surface area contributed by atoms with Gasteiger partial charge >= 0.3 is 6.18 Å². The zero-order valence-electron chi connectivity index (χ0n) is 14.1. The summed E-state index contributed by atoms with van der Waals surface area (Å²) in [5, 5.41) is 6.30. The first kappa shape index (κ1) is 20.6. The molecular weight excluding hydrogens is 337 g/mol. The van der Waals surface area contributed by atoms with Crippen LogP contribution in [0.15, 0.2) is 40.2 Å². The van der Waals surface area contributed by atoms with Crippen molar-refractivity contribution in [3.63, 3.8) is 0 Å². The standard InChI is InChI=1S/C16H25F3N4S/c1-20-15(21-9-6-11-23(2)13-16(17,18)19)22-10-12-24-14-7-4-3-5-8-14/h3-5,7-8H,6,9-13H2,1-2H3,(H2,20,21,22). The smallest absolute Gasteiger partial charge is 0.356 e. The molecule has 1 rings (SSSR count). The minimum atomic E-state index is -4.14. The largest absolute Gasteiger partial charge is 0.401 e. The van der Waals surface area contributed by atoms with E-state index in [2.05, 4.69) is 27.8 Å². The van der Waals surface area contributed by atoms with Gasteiger partial charge in [0, 0.05) is 30.8 Å². The summed E-state index contributed by atoms with van der Waals surface area (Å²) < 4.78 is 36.6. The molecule has 2 N–H and O–H groups in total. The minimum absolute atomic E-state index is 0.382. The monoisotopic (exact) mass is 362 g/mol. The van der Waals surface area contributed by atoms with Crippen molar-refractivity contribution in [2.24, 2.45) is 4.99 Å². The van der Waals surface area contributed by atoms with Crippen LogP contribution in [0.5, 0.6) is 0 Å². The van der Waals surface area contributed by atoms with E-state index in [0.717, 1.165) is 12.3 Å². The predicted octanol–water partition coefficient (Wildman–Crippen LogP) is 2.83. The summed E-state index contributed by atoms with van der Waals surface area (Å²) in [6, 6.07) is 10.1. The van der Waals surface area contributed by atoms with Gasteiger partial charge in [-0.15, -0.1) is 11.8 Å². The maximum Gasteiger partial charge on any atom is 0.401 e. The highest BCUT2D eigenvalue weighted by atomic mass is 32.2. The Labute approximate surface area is 145 Å². The maximum absolute atomic E-state index is 12.2. The van der Waals surface area contributed by atoms with Crippen molar-refractivity contribution in [2.75, 3.05) is 46.0 Å². The molecule has 0 spiro atoms. The molecule has 136 valence electrons. The fourth-order valence-corrected chi connectivity index (χ4v) is 2.81. The Morgan fingerprint density at radius 3 is 2.46 bits per heavy atom. The molecule has 1 aromatic rings. The van der Waals surface area contributed by atoms with Gasteiger partial charge in [0.05, 0.1) is 6.54 Å².